The Hall–Kier alpha value is -0.570. The molecule has 1 heterocycles. The minimum absolute atomic E-state index is 0.0511. The Labute approximate surface area is 98.4 Å². The highest BCUT2D eigenvalue weighted by Crippen LogP contribution is 2.28. The first-order valence-corrected chi connectivity index (χ1v) is 6.78. The molecule has 2 unspecified atom stereocenters. The van der Waals surface area contributed by atoms with Crippen molar-refractivity contribution >= 4 is 5.91 Å². The van der Waals surface area contributed by atoms with Gasteiger partial charge in [0.15, 0.2) is 0 Å². The number of carbonyl (C=O) groups excluding carboxylic acids is 1. The van der Waals surface area contributed by atoms with Crippen LogP contribution in [-0.4, -0.2) is 25.0 Å². The van der Waals surface area contributed by atoms with Gasteiger partial charge in [-0.25, -0.2) is 0 Å². The smallest absolute Gasteiger partial charge is 0.237 e. The lowest BCUT2D eigenvalue weighted by molar-refractivity contribution is -0.124. The normalized spacial score (nSPS) is 30.8. The van der Waals surface area contributed by atoms with E-state index in [2.05, 4.69) is 17.6 Å². The van der Waals surface area contributed by atoms with Crippen LogP contribution in [0.3, 0.4) is 0 Å². The minimum Gasteiger partial charge on any atom is -0.355 e. The summed E-state index contributed by atoms with van der Waals surface area (Å²) in [5.74, 6) is 1.58. The first-order valence-electron chi connectivity index (χ1n) is 6.78. The van der Waals surface area contributed by atoms with Crippen LogP contribution in [0, 0.1) is 11.8 Å². The van der Waals surface area contributed by atoms with Crippen molar-refractivity contribution in [1.82, 2.24) is 10.6 Å². The second-order valence-corrected chi connectivity index (χ2v) is 5.43. The molecule has 0 aromatic heterocycles. The van der Waals surface area contributed by atoms with Crippen molar-refractivity contribution in [2.24, 2.45) is 11.8 Å². The van der Waals surface area contributed by atoms with Crippen molar-refractivity contribution in [1.29, 1.82) is 0 Å². The molecular formula is C13H24N2O. The van der Waals surface area contributed by atoms with Gasteiger partial charge in [-0.3, -0.25) is 4.79 Å². The monoisotopic (exact) mass is 224 g/mol. The van der Waals surface area contributed by atoms with Gasteiger partial charge in [-0.05, 0) is 37.6 Å². The van der Waals surface area contributed by atoms with E-state index in [4.69, 9.17) is 0 Å². The van der Waals surface area contributed by atoms with Crippen LogP contribution in [0.1, 0.15) is 45.4 Å². The summed E-state index contributed by atoms with van der Waals surface area (Å²) in [6, 6.07) is 0.0511. The highest BCUT2D eigenvalue weighted by molar-refractivity contribution is 5.82. The highest BCUT2D eigenvalue weighted by Gasteiger charge is 2.27. The molecule has 0 spiro atoms. The fraction of sp³-hybridized carbons (Fsp3) is 0.923. The molecule has 1 aliphatic carbocycles. The third-order valence-corrected chi connectivity index (χ3v) is 4.13. The van der Waals surface area contributed by atoms with E-state index in [0.717, 1.165) is 19.0 Å². The van der Waals surface area contributed by atoms with Crippen molar-refractivity contribution in [3.63, 3.8) is 0 Å². The van der Waals surface area contributed by atoms with E-state index in [0.29, 0.717) is 5.92 Å². The van der Waals surface area contributed by atoms with Gasteiger partial charge in [0.05, 0.1) is 6.04 Å². The van der Waals surface area contributed by atoms with Crippen molar-refractivity contribution in [3.8, 4) is 0 Å². The number of piperidine rings is 1. The Kier molecular flexibility index (Phi) is 4.22. The number of hydrogen-bond acceptors (Lipinski definition) is 2. The maximum Gasteiger partial charge on any atom is 0.237 e. The zero-order valence-corrected chi connectivity index (χ0v) is 10.3. The van der Waals surface area contributed by atoms with Gasteiger partial charge in [0, 0.05) is 6.54 Å². The van der Waals surface area contributed by atoms with E-state index in [9.17, 15) is 4.79 Å². The molecule has 16 heavy (non-hydrogen) atoms. The quantitative estimate of drug-likeness (QED) is 0.763. The molecule has 2 fully saturated rings. The van der Waals surface area contributed by atoms with Crippen LogP contribution in [0.4, 0.5) is 0 Å². The molecule has 2 rings (SSSR count). The number of hydrogen-bond donors (Lipinski definition) is 2. The lowest BCUT2D eigenvalue weighted by Gasteiger charge is -2.30. The van der Waals surface area contributed by atoms with E-state index in [1.165, 1.54) is 38.5 Å². The number of rotatable bonds is 4. The van der Waals surface area contributed by atoms with Gasteiger partial charge >= 0.3 is 0 Å². The van der Waals surface area contributed by atoms with E-state index >= 15 is 0 Å². The molecule has 0 aromatic carbocycles. The maximum atomic E-state index is 11.9. The van der Waals surface area contributed by atoms with Gasteiger partial charge in [0.1, 0.15) is 0 Å². The summed E-state index contributed by atoms with van der Waals surface area (Å²) in [5, 5.41) is 6.40. The molecule has 1 saturated heterocycles. The topological polar surface area (TPSA) is 41.1 Å². The van der Waals surface area contributed by atoms with Gasteiger partial charge in [-0.15, -0.1) is 0 Å². The second kappa shape index (κ2) is 5.67. The van der Waals surface area contributed by atoms with E-state index < -0.39 is 0 Å². The summed E-state index contributed by atoms with van der Waals surface area (Å²) in [4.78, 5) is 11.9. The lowest BCUT2D eigenvalue weighted by atomic mass is 9.83. The number of carbonyl (C=O) groups is 1. The summed E-state index contributed by atoms with van der Waals surface area (Å²) in [7, 11) is 0. The molecule has 3 nitrogen and oxygen atoms in total. The van der Waals surface area contributed by atoms with Crippen molar-refractivity contribution < 1.29 is 4.79 Å². The van der Waals surface area contributed by atoms with Crippen LogP contribution in [-0.2, 0) is 4.79 Å². The first kappa shape index (κ1) is 11.9. The third kappa shape index (κ3) is 2.97. The van der Waals surface area contributed by atoms with Gasteiger partial charge in [0.2, 0.25) is 5.91 Å². The Morgan fingerprint density at radius 3 is 2.75 bits per heavy atom. The molecule has 92 valence electrons. The standard InChI is InChI=1S/C13H24N2O/c1-10-4-3-8-14-12(10)13(16)15-9-7-11-5-2-6-11/h10-12,14H,2-9H2,1H3,(H,15,16). The molecule has 2 N–H and O–H groups in total. The summed E-state index contributed by atoms with van der Waals surface area (Å²) in [6.07, 6.45) is 7.68. The van der Waals surface area contributed by atoms with Crippen LogP contribution in [0.15, 0.2) is 0 Å². The highest BCUT2D eigenvalue weighted by atomic mass is 16.2. The third-order valence-electron chi connectivity index (χ3n) is 4.13. The van der Waals surface area contributed by atoms with Crippen LogP contribution < -0.4 is 10.6 Å². The predicted molar refractivity (Wildman–Crippen MR) is 65.2 cm³/mol. The van der Waals surface area contributed by atoms with Crippen LogP contribution >= 0.6 is 0 Å². The van der Waals surface area contributed by atoms with Gasteiger partial charge in [0.25, 0.3) is 0 Å². The second-order valence-electron chi connectivity index (χ2n) is 5.43. The Bertz CT molecular complexity index is 238. The molecule has 0 bridgehead atoms. The molecule has 2 atom stereocenters. The molecule has 1 saturated carbocycles. The van der Waals surface area contributed by atoms with E-state index in [1.807, 2.05) is 0 Å². The molecule has 1 aliphatic heterocycles. The van der Waals surface area contributed by atoms with Crippen LogP contribution in [0.25, 0.3) is 0 Å². The van der Waals surface area contributed by atoms with Crippen molar-refractivity contribution in [3.05, 3.63) is 0 Å². The predicted octanol–water partition coefficient (Wildman–Crippen LogP) is 1.68. The fourth-order valence-corrected chi connectivity index (χ4v) is 2.69. The minimum atomic E-state index is 0.0511. The molecule has 1 amide bonds. The summed E-state index contributed by atoms with van der Waals surface area (Å²) in [6.45, 7) is 4.03. The lowest BCUT2D eigenvalue weighted by Crippen LogP contribution is -2.51. The molecule has 3 heteroatoms. The average Bonchev–Trinajstić information content (AvgIpc) is 2.22. The molecule has 0 aromatic rings. The van der Waals surface area contributed by atoms with Crippen molar-refractivity contribution in [2.75, 3.05) is 13.1 Å². The molecule has 2 aliphatic rings. The zero-order valence-electron chi connectivity index (χ0n) is 10.3. The average molecular weight is 224 g/mol. The Morgan fingerprint density at radius 2 is 2.12 bits per heavy atom. The summed E-state index contributed by atoms with van der Waals surface area (Å²) < 4.78 is 0. The number of nitrogens with one attached hydrogen (secondary N) is 2. The summed E-state index contributed by atoms with van der Waals surface area (Å²) >= 11 is 0. The van der Waals surface area contributed by atoms with Crippen LogP contribution in [0.5, 0.6) is 0 Å². The first-order chi connectivity index (χ1) is 7.77. The van der Waals surface area contributed by atoms with E-state index in [1.54, 1.807) is 0 Å². The van der Waals surface area contributed by atoms with Gasteiger partial charge in [-0.1, -0.05) is 26.2 Å². The van der Waals surface area contributed by atoms with Gasteiger partial charge in [-0.2, -0.15) is 0 Å². The number of amides is 1. The van der Waals surface area contributed by atoms with E-state index in [-0.39, 0.29) is 11.9 Å². The SMILES string of the molecule is CC1CCCNC1C(=O)NCCC1CCC1. The molecule has 0 radical (unpaired) electrons. The fourth-order valence-electron chi connectivity index (χ4n) is 2.69. The summed E-state index contributed by atoms with van der Waals surface area (Å²) in [5.41, 5.74) is 0. The zero-order chi connectivity index (χ0) is 11.4. The Morgan fingerprint density at radius 1 is 1.31 bits per heavy atom. The van der Waals surface area contributed by atoms with Crippen molar-refractivity contribution in [2.45, 2.75) is 51.5 Å². The van der Waals surface area contributed by atoms with Gasteiger partial charge < -0.3 is 10.6 Å². The Balaban J connectivity index is 1.65. The largest absolute Gasteiger partial charge is 0.355 e. The van der Waals surface area contributed by atoms with Crippen LogP contribution in [0.2, 0.25) is 0 Å². The molecular weight excluding hydrogens is 200 g/mol. The maximum absolute atomic E-state index is 11.9.